The summed E-state index contributed by atoms with van der Waals surface area (Å²) in [5, 5.41) is 7.88. The fourth-order valence-electron chi connectivity index (χ4n) is 5.42. The number of benzene rings is 1. The first-order chi connectivity index (χ1) is 19.5. The van der Waals surface area contributed by atoms with E-state index in [0.717, 1.165) is 29.8 Å². The fourth-order valence-corrected chi connectivity index (χ4v) is 5.42. The molecule has 41 heavy (non-hydrogen) atoms. The molecule has 1 amide bonds. The first kappa shape index (κ1) is 28.6. The SMILES string of the molecule is Cc1cc(C)c(CNC(=O)c2cc(-c3cnn(CCN4CCOCC4)c3)c3ccn(CC(F)(F)F)c3c2C)c(=O)[nH]1. The van der Waals surface area contributed by atoms with Crippen LogP contribution in [0.3, 0.4) is 0 Å². The third-order valence-electron chi connectivity index (χ3n) is 7.51. The maximum atomic E-state index is 13.5. The summed E-state index contributed by atoms with van der Waals surface area (Å²) in [7, 11) is 0. The van der Waals surface area contributed by atoms with E-state index in [1.807, 2.05) is 12.3 Å². The molecule has 0 radical (unpaired) electrons. The highest BCUT2D eigenvalue weighted by atomic mass is 19.4. The number of fused-ring (bicyclic) bond motifs is 1. The van der Waals surface area contributed by atoms with Gasteiger partial charge < -0.3 is 19.6 Å². The summed E-state index contributed by atoms with van der Waals surface area (Å²) in [6.07, 6.45) is 0.476. The van der Waals surface area contributed by atoms with Crippen molar-refractivity contribution >= 4 is 16.8 Å². The van der Waals surface area contributed by atoms with E-state index in [2.05, 4.69) is 20.3 Å². The average molecular weight is 571 g/mol. The quantitative estimate of drug-likeness (QED) is 0.335. The van der Waals surface area contributed by atoms with Crippen LogP contribution in [0.4, 0.5) is 13.2 Å². The van der Waals surface area contributed by atoms with Crippen LogP contribution in [0.1, 0.15) is 32.7 Å². The molecule has 4 aromatic rings. The van der Waals surface area contributed by atoms with Gasteiger partial charge in [-0.1, -0.05) is 0 Å². The first-order valence-corrected chi connectivity index (χ1v) is 13.5. The molecule has 4 heterocycles. The summed E-state index contributed by atoms with van der Waals surface area (Å²) in [5.41, 5.74) is 3.87. The predicted molar refractivity (Wildman–Crippen MR) is 149 cm³/mol. The number of ether oxygens (including phenoxy) is 1. The number of rotatable bonds is 8. The van der Waals surface area contributed by atoms with Gasteiger partial charge in [-0.2, -0.15) is 18.3 Å². The maximum absolute atomic E-state index is 13.5. The Labute approximate surface area is 234 Å². The molecule has 0 atom stereocenters. The van der Waals surface area contributed by atoms with E-state index in [0.29, 0.717) is 58.6 Å². The Morgan fingerprint density at radius 1 is 1.15 bits per heavy atom. The van der Waals surface area contributed by atoms with Gasteiger partial charge in [-0.15, -0.1) is 0 Å². The molecular formula is C29H33F3N6O3. The Morgan fingerprint density at radius 3 is 2.61 bits per heavy atom. The van der Waals surface area contributed by atoms with Crippen LogP contribution in [0.2, 0.25) is 0 Å². The number of carbonyl (C=O) groups is 1. The lowest BCUT2D eigenvalue weighted by atomic mass is 9.96. The summed E-state index contributed by atoms with van der Waals surface area (Å²) in [6.45, 7) is 8.54. The highest BCUT2D eigenvalue weighted by molar-refractivity contribution is 6.06. The van der Waals surface area contributed by atoms with Crippen molar-refractivity contribution in [3.63, 3.8) is 0 Å². The van der Waals surface area contributed by atoms with Crippen molar-refractivity contribution in [2.45, 2.75) is 46.6 Å². The standard InChI is InChI=1S/C29H33F3N6O3/c1-18-12-19(2)35-28(40)25(18)15-33-27(39)23-13-24(22-4-5-37(17-29(30,31)32)26(22)20(23)3)21-14-34-38(16-21)7-6-36-8-10-41-11-9-36/h4-5,12-14,16H,6-11,15,17H2,1-3H3,(H,33,39)(H,35,40). The molecule has 218 valence electrons. The molecule has 9 nitrogen and oxygen atoms in total. The van der Waals surface area contributed by atoms with Gasteiger partial charge in [-0.3, -0.25) is 19.2 Å². The molecule has 0 bridgehead atoms. The summed E-state index contributed by atoms with van der Waals surface area (Å²) in [6, 6.07) is 5.16. The molecule has 2 N–H and O–H groups in total. The van der Waals surface area contributed by atoms with E-state index in [1.54, 1.807) is 43.8 Å². The molecular weight excluding hydrogens is 537 g/mol. The zero-order valence-electron chi connectivity index (χ0n) is 23.3. The number of hydrogen-bond donors (Lipinski definition) is 2. The van der Waals surface area contributed by atoms with Gasteiger partial charge in [0.05, 0.1) is 31.5 Å². The summed E-state index contributed by atoms with van der Waals surface area (Å²) in [4.78, 5) is 30.9. The van der Waals surface area contributed by atoms with E-state index in [4.69, 9.17) is 4.74 Å². The number of morpholine rings is 1. The molecule has 0 unspecified atom stereocenters. The summed E-state index contributed by atoms with van der Waals surface area (Å²) >= 11 is 0. The van der Waals surface area contributed by atoms with Crippen LogP contribution in [0.5, 0.6) is 0 Å². The monoisotopic (exact) mass is 570 g/mol. The second-order valence-electron chi connectivity index (χ2n) is 10.5. The van der Waals surface area contributed by atoms with Crippen LogP contribution in [0, 0.1) is 20.8 Å². The summed E-state index contributed by atoms with van der Waals surface area (Å²) in [5.74, 6) is -0.482. The van der Waals surface area contributed by atoms with Gasteiger partial charge in [0.1, 0.15) is 6.54 Å². The third kappa shape index (κ3) is 6.38. The van der Waals surface area contributed by atoms with E-state index in [-0.39, 0.29) is 17.7 Å². The van der Waals surface area contributed by atoms with Crippen LogP contribution < -0.4 is 10.9 Å². The molecule has 1 aliphatic heterocycles. The lowest BCUT2D eigenvalue weighted by Gasteiger charge is -2.26. The van der Waals surface area contributed by atoms with E-state index in [1.165, 1.54) is 6.20 Å². The average Bonchev–Trinajstić information content (AvgIpc) is 3.54. The molecule has 1 aliphatic rings. The minimum Gasteiger partial charge on any atom is -0.379 e. The van der Waals surface area contributed by atoms with Crippen molar-refractivity contribution in [1.29, 1.82) is 0 Å². The third-order valence-corrected chi connectivity index (χ3v) is 7.51. The number of aromatic amines is 1. The van der Waals surface area contributed by atoms with Crippen molar-refractivity contribution < 1.29 is 22.7 Å². The number of nitrogens with zero attached hydrogens (tertiary/aromatic N) is 4. The van der Waals surface area contributed by atoms with Gasteiger partial charge in [0.2, 0.25) is 0 Å². The number of H-pyrrole nitrogens is 1. The Bertz CT molecular complexity index is 1630. The van der Waals surface area contributed by atoms with Gasteiger partial charge in [0, 0.05) is 66.3 Å². The number of halogens is 3. The van der Waals surface area contributed by atoms with Gasteiger partial charge in [0.15, 0.2) is 0 Å². The van der Waals surface area contributed by atoms with Crippen LogP contribution in [0.25, 0.3) is 22.0 Å². The molecule has 12 heteroatoms. The number of nitrogens with one attached hydrogen (secondary N) is 2. The lowest BCUT2D eigenvalue weighted by Crippen LogP contribution is -2.38. The molecule has 0 spiro atoms. The largest absolute Gasteiger partial charge is 0.406 e. The number of pyridine rings is 1. The Morgan fingerprint density at radius 2 is 1.90 bits per heavy atom. The molecule has 3 aromatic heterocycles. The normalized spacial score (nSPS) is 14.6. The highest BCUT2D eigenvalue weighted by Gasteiger charge is 2.30. The zero-order chi connectivity index (χ0) is 29.3. The Kier molecular flexibility index (Phi) is 8.05. The van der Waals surface area contributed by atoms with Gasteiger partial charge in [0.25, 0.3) is 11.5 Å². The van der Waals surface area contributed by atoms with Crippen molar-refractivity contribution in [1.82, 2.24) is 29.5 Å². The van der Waals surface area contributed by atoms with Gasteiger partial charge in [-0.25, -0.2) is 0 Å². The second-order valence-corrected chi connectivity index (χ2v) is 10.5. The van der Waals surface area contributed by atoms with E-state index in [9.17, 15) is 22.8 Å². The minimum atomic E-state index is -4.44. The topological polar surface area (TPSA) is 97.2 Å². The van der Waals surface area contributed by atoms with Crippen LogP contribution in [-0.2, 0) is 24.4 Å². The Hall–Kier alpha value is -3.90. The second kappa shape index (κ2) is 11.5. The minimum absolute atomic E-state index is 0.0177. The molecule has 5 rings (SSSR count). The van der Waals surface area contributed by atoms with E-state index >= 15 is 0 Å². The molecule has 0 aliphatic carbocycles. The zero-order valence-corrected chi connectivity index (χ0v) is 23.3. The maximum Gasteiger partial charge on any atom is 0.406 e. The number of alkyl halides is 3. The highest BCUT2D eigenvalue weighted by Crippen LogP contribution is 2.35. The van der Waals surface area contributed by atoms with Gasteiger partial charge >= 0.3 is 6.18 Å². The molecule has 1 aromatic carbocycles. The predicted octanol–water partition coefficient (Wildman–Crippen LogP) is 3.94. The number of aromatic nitrogens is 4. The van der Waals surface area contributed by atoms with Crippen molar-refractivity contribution in [3.05, 3.63) is 75.1 Å². The van der Waals surface area contributed by atoms with Crippen molar-refractivity contribution in [2.24, 2.45) is 0 Å². The Balaban J connectivity index is 1.49. The van der Waals surface area contributed by atoms with Crippen LogP contribution >= 0.6 is 0 Å². The number of carbonyl (C=O) groups excluding carboxylic acids is 1. The van der Waals surface area contributed by atoms with Crippen LogP contribution in [-0.4, -0.2) is 69.2 Å². The molecule has 0 saturated carbocycles. The number of amides is 1. The van der Waals surface area contributed by atoms with Gasteiger partial charge in [-0.05, 0) is 55.7 Å². The van der Waals surface area contributed by atoms with E-state index < -0.39 is 18.6 Å². The smallest absolute Gasteiger partial charge is 0.379 e. The molecule has 1 fully saturated rings. The first-order valence-electron chi connectivity index (χ1n) is 13.5. The van der Waals surface area contributed by atoms with Crippen molar-refractivity contribution in [3.8, 4) is 11.1 Å². The fraction of sp³-hybridized carbons (Fsp3) is 0.414. The summed E-state index contributed by atoms with van der Waals surface area (Å²) < 4.78 is 48.7. The number of aryl methyl sites for hydroxylation is 3. The number of hydrogen-bond acceptors (Lipinski definition) is 5. The lowest BCUT2D eigenvalue weighted by molar-refractivity contribution is -0.139. The van der Waals surface area contributed by atoms with Crippen molar-refractivity contribution in [2.75, 3.05) is 32.8 Å². The van der Waals surface area contributed by atoms with Crippen LogP contribution in [0.15, 0.2) is 41.6 Å². The molecule has 1 saturated heterocycles.